The summed E-state index contributed by atoms with van der Waals surface area (Å²) in [6.07, 6.45) is -3.02. The van der Waals surface area contributed by atoms with E-state index in [0.29, 0.717) is 0 Å². The third-order valence-electron chi connectivity index (χ3n) is 3.48. The summed E-state index contributed by atoms with van der Waals surface area (Å²) in [6.45, 7) is 3.30. The average molecular weight is 385 g/mol. The minimum atomic E-state index is -1.11. The van der Waals surface area contributed by atoms with Crippen molar-refractivity contribution >= 4 is 23.9 Å². The van der Waals surface area contributed by atoms with Crippen LogP contribution in [0.25, 0.3) is 0 Å². The molecule has 0 saturated carbocycles. The Morgan fingerprint density at radius 3 is 2.26 bits per heavy atom. The van der Waals surface area contributed by atoms with Gasteiger partial charge in [0.1, 0.15) is 19.0 Å². The van der Waals surface area contributed by atoms with E-state index in [0.717, 1.165) is 4.68 Å². The molecule has 1 saturated heterocycles. The standard InChI is InChI=1S/C15H19N3O9/c1-7(19)24-5-10-11(25-8(2)20)12(26-9(3)21)14(27-10)18-6-16-13(17-18)15(22)23-4/h6,10-12,14H,5H2,1-4H3/t10-,11?,12+,14-/m1/s1. The lowest BCUT2D eigenvalue weighted by atomic mass is 10.1. The Hall–Kier alpha value is -3.02. The highest BCUT2D eigenvalue weighted by molar-refractivity contribution is 5.84. The number of methoxy groups -OCH3 is 1. The summed E-state index contributed by atoms with van der Waals surface area (Å²) in [6, 6.07) is 0. The molecule has 1 aliphatic rings. The van der Waals surface area contributed by atoms with Crippen molar-refractivity contribution in [2.24, 2.45) is 0 Å². The Kier molecular flexibility index (Phi) is 6.45. The molecule has 2 rings (SSSR count). The first-order valence-electron chi connectivity index (χ1n) is 7.85. The number of nitrogens with zero attached hydrogens (tertiary/aromatic N) is 3. The lowest BCUT2D eigenvalue weighted by molar-refractivity contribution is -0.166. The molecule has 0 aromatic carbocycles. The quantitative estimate of drug-likeness (QED) is 0.456. The van der Waals surface area contributed by atoms with Gasteiger partial charge in [0.15, 0.2) is 18.4 Å². The van der Waals surface area contributed by atoms with Crippen molar-refractivity contribution < 1.29 is 42.9 Å². The monoisotopic (exact) mass is 385 g/mol. The largest absolute Gasteiger partial charge is 0.463 e. The smallest absolute Gasteiger partial charge is 0.377 e. The van der Waals surface area contributed by atoms with Crippen molar-refractivity contribution in [3.63, 3.8) is 0 Å². The van der Waals surface area contributed by atoms with Gasteiger partial charge in [0.2, 0.25) is 0 Å². The third-order valence-corrected chi connectivity index (χ3v) is 3.48. The van der Waals surface area contributed by atoms with Gasteiger partial charge in [-0.05, 0) is 0 Å². The molecule has 1 aromatic heterocycles. The number of ether oxygens (including phenoxy) is 5. The Bertz CT molecular complexity index is 732. The van der Waals surface area contributed by atoms with Crippen molar-refractivity contribution in [1.29, 1.82) is 0 Å². The molecule has 12 nitrogen and oxygen atoms in total. The van der Waals surface area contributed by atoms with E-state index in [9.17, 15) is 19.2 Å². The van der Waals surface area contributed by atoms with Gasteiger partial charge in [0.25, 0.3) is 5.82 Å². The van der Waals surface area contributed by atoms with Gasteiger partial charge in [0, 0.05) is 20.8 Å². The molecule has 0 N–H and O–H groups in total. The fourth-order valence-electron chi connectivity index (χ4n) is 2.49. The summed E-state index contributed by atoms with van der Waals surface area (Å²) in [5, 5.41) is 3.93. The maximum absolute atomic E-state index is 11.5. The van der Waals surface area contributed by atoms with E-state index in [-0.39, 0.29) is 12.4 Å². The molecule has 1 aliphatic heterocycles. The molecule has 0 spiro atoms. The predicted octanol–water partition coefficient (Wildman–Crippen LogP) is -0.611. The van der Waals surface area contributed by atoms with Crippen LogP contribution in [0.2, 0.25) is 0 Å². The topological polar surface area (TPSA) is 145 Å². The van der Waals surface area contributed by atoms with Crippen LogP contribution in [0.5, 0.6) is 0 Å². The van der Waals surface area contributed by atoms with E-state index in [2.05, 4.69) is 14.8 Å². The third kappa shape index (κ3) is 5.00. The highest BCUT2D eigenvalue weighted by atomic mass is 16.7. The molecule has 0 amide bonds. The summed E-state index contributed by atoms with van der Waals surface area (Å²) in [7, 11) is 1.17. The molecule has 1 unspecified atom stereocenters. The number of esters is 4. The normalized spacial score (nSPS) is 24.1. The fraction of sp³-hybridized carbons (Fsp3) is 0.600. The molecule has 4 atom stereocenters. The average Bonchev–Trinajstić information content (AvgIpc) is 3.18. The molecule has 1 aromatic rings. The van der Waals surface area contributed by atoms with Gasteiger partial charge in [0.05, 0.1) is 7.11 Å². The minimum Gasteiger partial charge on any atom is -0.463 e. The second-order valence-electron chi connectivity index (χ2n) is 5.56. The van der Waals surface area contributed by atoms with Crippen LogP contribution in [0.15, 0.2) is 6.33 Å². The van der Waals surface area contributed by atoms with Crippen LogP contribution in [-0.2, 0) is 38.1 Å². The molecule has 27 heavy (non-hydrogen) atoms. The molecule has 12 heteroatoms. The van der Waals surface area contributed by atoms with Crippen LogP contribution in [0.4, 0.5) is 0 Å². The molecule has 0 aliphatic carbocycles. The molecule has 148 valence electrons. The first-order chi connectivity index (χ1) is 12.7. The summed E-state index contributed by atoms with van der Waals surface area (Å²) in [4.78, 5) is 49.4. The Labute approximate surface area is 153 Å². The van der Waals surface area contributed by atoms with Crippen LogP contribution in [0.3, 0.4) is 0 Å². The van der Waals surface area contributed by atoms with Crippen molar-refractivity contribution in [2.45, 2.75) is 45.3 Å². The van der Waals surface area contributed by atoms with Crippen LogP contribution in [0.1, 0.15) is 37.6 Å². The fourth-order valence-corrected chi connectivity index (χ4v) is 2.49. The second-order valence-corrected chi connectivity index (χ2v) is 5.56. The van der Waals surface area contributed by atoms with E-state index in [4.69, 9.17) is 18.9 Å². The van der Waals surface area contributed by atoms with E-state index in [1.807, 2.05) is 0 Å². The summed E-state index contributed by atoms with van der Waals surface area (Å²) in [5.74, 6) is -2.89. The van der Waals surface area contributed by atoms with Crippen LogP contribution in [-0.4, -0.2) is 70.7 Å². The SMILES string of the molecule is COC(=O)c1ncn([C@@H]2O[C@H](COC(C)=O)C(OC(C)=O)[C@@H]2OC(C)=O)n1. The molecule has 1 fully saturated rings. The Balaban J connectivity index is 2.33. The predicted molar refractivity (Wildman–Crippen MR) is 83.0 cm³/mol. The van der Waals surface area contributed by atoms with Gasteiger partial charge in [-0.3, -0.25) is 14.4 Å². The molecule has 2 heterocycles. The van der Waals surface area contributed by atoms with E-state index >= 15 is 0 Å². The Morgan fingerprint density at radius 2 is 1.70 bits per heavy atom. The number of rotatable bonds is 6. The Morgan fingerprint density at radius 1 is 1.07 bits per heavy atom. The minimum absolute atomic E-state index is 0.241. The highest BCUT2D eigenvalue weighted by Crippen LogP contribution is 2.34. The van der Waals surface area contributed by atoms with Crippen molar-refractivity contribution in [3.05, 3.63) is 12.2 Å². The van der Waals surface area contributed by atoms with Crippen LogP contribution >= 0.6 is 0 Å². The molecular formula is C15H19N3O9. The number of carbonyl (C=O) groups is 4. The maximum atomic E-state index is 11.5. The van der Waals surface area contributed by atoms with Crippen LogP contribution < -0.4 is 0 Å². The first-order valence-corrected chi connectivity index (χ1v) is 7.85. The summed E-state index contributed by atoms with van der Waals surface area (Å²) < 4.78 is 26.8. The zero-order valence-corrected chi connectivity index (χ0v) is 15.1. The van der Waals surface area contributed by atoms with Gasteiger partial charge in [-0.1, -0.05) is 0 Å². The van der Waals surface area contributed by atoms with Gasteiger partial charge >= 0.3 is 23.9 Å². The zero-order valence-electron chi connectivity index (χ0n) is 15.1. The number of hydrogen-bond donors (Lipinski definition) is 0. The highest BCUT2D eigenvalue weighted by Gasteiger charge is 2.51. The lowest BCUT2D eigenvalue weighted by Crippen LogP contribution is -2.40. The number of carbonyl (C=O) groups excluding carboxylic acids is 4. The van der Waals surface area contributed by atoms with E-state index < -0.39 is 48.4 Å². The van der Waals surface area contributed by atoms with Crippen LogP contribution in [0, 0.1) is 0 Å². The van der Waals surface area contributed by atoms with Crippen molar-refractivity contribution in [1.82, 2.24) is 14.8 Å². The van der Waals surface area contributed by atoms with Gasteiger partial charge in [-0.15, -0.1) is 5.10 Å². The first kappa shape index (κ1) is 20.3. The molecule has 0 bridgehead atoms. The van der Waals surface area contributed by atoms with Gasteiger partial charge in [-0.25, -0.2) is 14.5 Å². The van der Waals surface area contributed by atoms with Gasteiger partial charge in [-0.2, -0.15) is 0 Å². The summed E-state index contributed by atoms with van der Waals surface area (Å²) >= 11 is 0. The van der Waals surface area contributed by atoms with E-state index in [1.165, 1.54) is 34.2 Å². The number of aromatic nitrogens is 3. The zero-order chi connectivity index (χ0) is 20.1. The second kappa shape index (κ2) is 8.58. The van der Waals surface area contributed by atoms with E-state index in [1.54, 1.807) is 0 Å². The van der Waals surface area contributed by atoms with Crippen molar-refractivity contribution in [3.8, 4) is 0 Å². The van der Waals surface area contributed by atoms with Crippen molar-refractivity contribution in [2.75, 3.05) is 13.7 Å². The lowest BCUT2D eigenvalue weighted by Gasteiger charge is -2.23. The molecular weight excluding hydrogens is 366 g/mol. The summed E-state index contributed by atoms with van der Waals surface area (Å²) in [5.41, 5.74) is 0. The number of hydrogen-bond acceptors (Lipinski definition) is 11. The van der Waals surface area contributed by atoms with Gasteiger partial charge < -0.3 is 23.7 Å². The molecule has 0 radical (unpaired) electrons. The maximum Gasteiger partial charge on any atom is 0.377 e.